The third-order valence-corrected chi connectivity index (χ3v) is 4.82. The van der Waals surface area contributed by atoms with Gasteiger partial charge in [0.15, 0.2) is 0 Å². The Bertz CT molecular complexity index is 615. The van der Waals surface area contributed by atoms with Gasteiger partial charge in [0, 0.05) is 33.6 Å². The van der Waals surface area contributed by atoms with Crippen LogP contribution in [0.15, 0.2) is 23.1 Å². The van der Waals surface area contributed by atoms with E-state index < -0.39 is 10.0 Å². The van der Waals surface area contributed by atoms with Crippen LogP contribution in [-0.4, -0.2) is 52.9 Å². The van der Waals surface area contributed by atoms with Crippen molar-refractivity contribution in [2.24, 2.45) is 0 Å². The molecule has 0 atom stereocenters. The summed E-state index contributed by atoms with van der Waals surface area (Å²) in [6.45, 7) is 3.15. The maximum atomic E-state index is 12.2. The Kier molecular flexibility index (Phi) is 6.79. The van der Waals surface area contributed by atoms with Crippen molar-refractivity contribution >= 4 is 27.3 Å². The molecule has 0 aromatic heterocycles. The number of nitrogens with one attached hydrogen (secondary N) is 3. The van der Waals surface area contributed by atoms with E-state index in [1.165, 1.54) is 26.2 Å². The van der Waals surface area contributed by atoms with Crippen LogP contribution in [0.3, 0.4) is 0 Å². The summed E-state index contributed by atoms with van der Waals surface area (Å²) in [6.07, 6.45) is 0.312. The average molecular weight is 328 g/mol. The van der Waals surface area contributed by atoms with Crippen LogP contribution in [0.5, 0.6) is 0 Å². The van der Waals surface area contributed by atoms with E-state index in [0.717, 1.165) is 4.31 Å². The van der Waals surface area contributed by atoms with E-state index >= 15 is 0 Å². The lowest BCUT2D eigenvalue weighted by atomic mass is 10.2. The molecular weight excluding hydrogens is 304 g/mol. The third-order valence-electron chi connectivity index (χ3n) is 3.01. The van der Waals surface area contributed by atoms with Crippen LogP contribution in [0.1, 0.15) is 13.3 Å². The predicted octanol–water partition coefficient (Wildman–Crippen LogP) is 0.917. The van der Waals surface area contributed by atoms with Gasteiger partial charge in [-0.05, 0) is 32.2 Å². The molecule has 0 spiro atoms. The molecular formula is C14H24N4O3S. The minimum absolute atomic E-state index is 0.142. The first-order valence-corrected chi connectivity index (χ1v) is 8.51. The van der Waals surface area contributed by atoms with Gasteiger partial charge < -0.3 is 16.0 Å². The minimum Gasteiger partial charge on any atom is -0.384 e. The summed E-state index contributed by atoms with van der Waals surface area (Å²) in [6, 6.07) is 4.66. The summed E-state index contributed by atoms with van der Waals surface area (Å²) >= 11 is 0. The number of anilines is 2. The molecule has 0 aliphatic rings. The van der Waals surface area contributed by atoms with Crippen LogP contribution in [-0.2, 0) is 14.8 Å². The molecule has 0 saturated heterocycles. The maximum Gasteiger partial charge on any atom is 0.242 e. The van der Waals surface area contributed by atoms with Crippen molar-refractivity contribution in [3.8, 4) is 0 Å². The van der Waals surface area contributed by atoms with Crippen LogP contribution >= 0.6 is 0 Å². The zero-order valence-corrected chi connectivity index (χ0v) is 14.3. The lowest BCUT2D eigenvalue weighted by molar-refractivity contribution is -0.116. The lowest BCUT2D eigenvalue weighted by Crippen LogP contribution is -2.23. The number of sulfonamides is 1. The van der Waals surface area contributed by atoms with E-state index in [4.69, 9.17) is 0 Å². The first-order valence-electron chi connectivity index (χ1n) is 7.07. The predicted molar refractivity (Wildman–Crippen MR) is 88.7 cm³/mol. The highest BCUT2D eigenvalue weighted by Gasteiger charge is 2.19. The Morgan fingerprint density at radius 2 is 1.91 bits per heavy atom. The standard InChI is InChI=1S/C14H24N4O3S/c1-5-16-12-7-6-11(22(20,21)18(3)4)10-13(12)17-14(19)8-9-15-2/h6-7,10,15-16H,5,8-9H2,1-4H3,(H,17,19). The topological polar surface area (TPSA) is 90.5 Å². The summed E-state index contributed by atoms with van der Waals surface area (Å²) < 4.78 is 25.5. The molecule has 0 aliphatic carbocycles. The fourth-order valence-electron chi connectivity index (χ4n) is 1.79. The van der Waals surface area contributed by atoms with Crippen molar-refractivity contribution in [3.63, 3.8) is 0 Å². The number of carbonyl (C=O) groups excluding carboxylic acids is 1. The van der Waals surface area contributed by atoms with Gasteiger partial charge in [-0.3, -0.25) is 4.79 Å². The van der Waals surface area contributed by atoms with Crippen LogP contribution < -0.4 is 16.0 Å². The highest BCUT2D eigenvalue weighted by molar-refractivity contribution is 7.89. The molecule has 0 unspecified atom stereocenters. The molecule has 0 aliphatic heterocycles. The summed E-state index contributed by atoms with van der Waals surface area (Å²) in [4.78, 5) is 12.0. The molecule has 22 heavy (non-hydrogen) atoms. The Balaban J connectivity index is 3.13. The number of hydrogen-bond acceptors (Lipinski definition) is 5. The number of hydrogen-bond donors (Lipinski definition) is 3. The van der Waals surface area contributed by atoms with E-state index in [9.17, 15) is 13.2 Å². The Morgan fingerprint density at radius 1 is 1.23 bits per heavy atom. The van der Waals surface area contributed by atoms with Gasteiger partial charge in [0.1, 0.15) is 0 Å². The van der Waals surface area contributed by atoms with Gasteiger partial charge in [-0.15, -0.1) is 0 Å². The highest BCUT2D eigenvalue weighted by Crippen LogP contribution is 2.26. The van der Waals surface area contributed by atoms with Crippen molar-refractivity contribution < 1.29 is 13.2 Å². The van der Waals surface area contributed by atoms with Crippen molar-refractivity contribution in [1.29, 1.82) is 0 Å². The van der Waals surface area contributed by atoms with Crippen molar-refractivity contribution in [2.45, 2.75) is 18.2 Å². The lowest BCUT2D eigenvalue weighted by Gasteiger charge is -2.16. The molecule has 0 bridgehead atoms. The average Bonchev–Trinajstić information content (AvgIpc) is 2.46. The molecule has 1 amide bonds. The van der Waals surface area contributed by atoms with Crippen LogP contribution in [0.2, 0.25) is 0 Å². The molecule has 0 heterocycles. The van der Waals surface area contributed by atoms with Gasteiger partial charge >= 0.3 is 0 Å². The summed E-state index contributed by atoms with van der Waals surface area (Å²) in [5, 5.41) is 8.76. The number of nitrogens with zero attached hydrogens (tertiary/aromatic N) is 1. The van der Waals surface area contributed by atoms with Crippen LogP contribution in [0.25, 0.3) is 0 Å². The van der Waals surface area contributed by atoms with Crippen LogP contribution in [0.4, 0.5) is 11.4 Å². The van der Waals surface area contributed by atoms with Crippen molar-refractivity contribution in [1.82, 2.24) is 9.62 Å². The van der Waals surface area contributed by atoms with E-state index in [0.29, 0.717) is 30.9 Å². The Morgan fingerprint density at radius 3 is 2.45 bits per heavy atom. The van der Waals surface area contributed by atoms with E-state index in [2.05, 4.69) is 16.0 Å². The van der Waals surface area contributed by atoms with Crippen molar-refractivity contribution in [2.75, 3.05) is 44.9 Å². The molecule has 8 heteroatoms. The number of benzene rings is 1. The van der Waals surface area contributed by atoms with Gasteiger partial charge in [0.05, 0.1) is 16.3 Å². The highest BCUT2D eigenvalue weighted by atomic mass is 32.2. The fraction of sp³-hybridized carbons (Fsp3) is 0.500. The largest absolute Gasteiger partial charge is 0.384 e. The first-order chi connectivity index (χ1) is 10.3. The second-order valence-corrected chi connectivity index (χ2v) is 7.08. The van der Waals surface area contributed by atoms with Gasteiger partial charge in [-0.2, -0.15) is 0 Å². The molecule has 124 valence electrons. The summed E-state index contributed by atoms with van der Waals surface area (Å²) in [7, 11) is 1.17. The second-order valence-electron chi connectivity index (χ2n) is 4.93. The number of carbonyl (C=O) groups is 1. The van der Waals surface area contributed by atoms with E-state index in [1.807, 2.05) is 6.92 Å². The normalized spacial score (nSPS) is 11.5. The number of rotatable bonds is 8. The number of amides is 1. The SMILES string of the molecule is CCNc1ccc(S(=O)(=O)N(C)C)cc1NC(=O)CCNC. The molecule has 0 saturated carbocycles. The second kappa shape index (κ2) is 8.11. The first kappa shape index (κ1) is 18.4. The smallest absolute Gasteiger partial charge is 0.242 e. The minimum atomic E-state index is -3.54. The molecule has 1 aromatic carbocycles. The molecule has 1 aromatic rings. The van der Waals surface area contributed by atoms with Crippen molar-refractivity contribution in [3.05, 3.63) is 18.2 Å². The zero-order valence-electron chi connectivity index (χ0n) is 13.4. The molecule has 0 radical (unpaired) electrons. The van der Waals surface area contributed by atoms with Gasteiger partial charge in [-0.25, -0.2) is 12.7 Å². The third kappa shape index (κ3) is 4.69. The molecule has 0 fully saturated rings. The van der Waals surface area contributed by atoms with Gasteiger partial charge in [-0.1, -0.05) is 0 Å². The Hall–Kier alpha value is -1.64. The van der Waals surface area contributed by atoms with Crippen LogP contribution in [0, 0.1) is 0 Å². The summed E-state index contributed by atoms with van der Waals surface area (Å²) in [5.41, 5.74) is 1.16. The van der Waals surface area contributed by atoms with Gasteiger partial charge in [0.2, 0.25) is 15.9 Å². The molecule has 7 nitrogen and oxygen atoms in total. The maximum absolute atomic E-state index is 12.2. The molecule has 1 rings (SSSR count). The Labute approximate surface area is 132 Å². The van der Waals surface area contributed by atoms with E-state index in [1.54, 1.807) is 13.1 Å². The molecule has 3 N–H and O–H groups in total. The van der Waals surface area contributed by atoms with E-state index in [-0.39, 0.29) is 10.8 Å². The fourth-order valence-corrected chi connectivity index (χ4v) is 2.72. The summed E-state index contributed by atoms with van der Waals surface area (Å²) in [5.74, 6) is -0.173. The monoisotopic (exact) mass is 328 g/mol. The zero-order chi connectivity index (χ0) is 16.8. The van der Waals surface area contributed by atoms with Gasteiger partial charge in [0.25, 0.3) is 0 Å². The quantitative estimate of drug-likeness (QED) is 0.660.